The Bertz CT molecular complexity index is 1380. The van der Waals surface area contributed by atoms with Crippen LogP contribution in [0.2, 0.25) is 0 Å². The Morgan fingerprint density at radius 2 is 1.83 bits per heavy atom. The lowest BCUT2D eigenvalue weighted by atomic mass is 9.83. The van der Waals surface area contributed by atoms with Crippen LogP contribution in [-0.2, 0) is 11.3 Å². The molecule has 3 aliphatic rings. The molecule has 0 spiro atoms. The third-order valence-electron chi connectivity index (χ3n) is 6.94. The summed E-state index contributed by atoms with van der Waals surface area (Å²) >= 11 is 7.31. The maximum absolute atomic E-state index is 13.5. The number of aromatic nitrogens is 1. The van der Waals surface area contributed by atoms with Crippen LogP contribution in [0, 0.1) is 5.92 Å². The normalized spacial score (nSPS) is 20.4. The minimum Gasteiger partial charge on any atom is -0.454 e. The van der Waals surface area contributed by atoms with E-state index in [1.807, 2.05) is 53.1 Å². The van der Waals surface area contributed by atoms with Crippen molar-refractivity contribution in [3.63, 3.8) is 0 Å². The van der Waals surface area contributed by atoms with Gasteiger partial charge in [-0.05, 0) is 36.1 Å². The Balaban J connectivity index is 1.21. The lowest BCUT2D eigenvalue weighted by Crippen LogP contribution is -2.48. The number of amides is 1. The monoisotopic (exact) mass is 519 g/mol. The highest BCUT2D eigenvalue weighted by atomic mass is 32.2. The van der Waals surface area contributed by atoms with Gasteiger partial charge in [-0.3, -0.25) is 9.59 Å². The lowest BCUT2D eigenvalue weighted by Gasteiger charge is -2.43. The van der Waals surface area contributed by atoms with Gasteiger partial charge in [-0.15, -0.1) is 0 Å². The van der Waals surface area contributed by atoms with Crippen LogP contribution in [-0.4, -0.2) is 39.6 Å². The van der Waals surface area contributed by atoms with Gasteiger partial charge in [0, 0.05) is 49.1 Å². The number of fused-ring (bicyclic) bond motifs is 5. The number of nitrogens with zero attached hydrogens (tertiary/aromatic N) is 2. The smallest absolute Gasteiger partial charge is 0.250 e. The van der Waals surface area contributed by atoms with E-state index in [4.69, 9.17) is 21.7 Å². The highest BCUT2D eigenvalue weighted by Crippen LogP contribution is 2.39. The van der Waals surface area contributed by atoms with E-state index in [0.29, 0.717) is 34.0 Å². The summed E-state index contributed by atoms with van der Waals surface area (Å²) in [6.07, 6.45) is 1.06. The molecule has 184 valence electrons. The number of anilines is 1. The van der Waals surface area contributed by atoms with E-state index in [0.717, 1.165) is 30.8 Å². The molecular weight excluding hydrogens is 494 g/mol. The van der Waals surface area contributed by atoms with Crippen molar-refractivity contribution in [1.82, 2.24) is 9.47 Å². The summed E-state index contributed by atoms with van der Waals surface area (Å²) in [4.78, 5) is 28.1. The first-order valence-corrected chi connectivity index (χ1v) is 13.2. The van der Waals surface area contributed by atoms with Gasteiger partial charge in [0.25, 0.3) is 5.56 Å². The van der Waals surface area contributed by atoms with Gasteiger partial charge < -0.3 is 24.3 Å². The number of nitrogens with one attached hydrogen (secondary N) is 1. The zero-order chi connectivity index (χ0) is 24.6. The van der Waals surface area contributed by atoms with Crippen molar-refractivity contribution in [2.24, 2.45) is 5.92 Å². The number of ether oxygens (including phenoxy) is 2. The second-order valence-electron chi connectivity index (χ2n) is 9.33. The van der Waals surface area contributed by atoms with Crippen molar-refractivity contribution in [2.45, 2.75) is 24.1 Å². The van der Waals surface area contributed by atoms with Gasteiger partial charge in [0.2, 0.25) is 12.7 Å². The van der Waals surface area contributed by atoms with E-state index in [9.17, 15) is 9.59 Å². The number of pyridine rings is 1. The van der Waals surface area contributed by atoms with Crippen molar-refractivity contribution < 1.29 is 14.3 Å². The maximum Gasteiger partial charge on any atom is 0.250 e. The zero-order valence-electron chi connectivity index (χ0n) is 19.5. The van der Waals surface area contributed by atoms with Gasteiger partial charge in [0.05, 0.1) is 0 Å². The first kappa shape index (κ1) is 23.1. The highest BCUT2D eigenvalue weighted by Gasteiger charge is 2.36. The zero-order valence-corrected chi connectivity index (χ0v) is 21.1. The van der Waals surface area contributed by atoms with E-state index in [2.05, 4.69) is 10.2 Å². The standard InChI is InChI=1S/C27H25N3O4S2/c31-24-8-4-7-21-19-11-17(14-30(21)24)13-29(15-19)27(35)36-25(18-5-2-1-3-6-18)26(32)28-20-9-10-22-23(12-20)34-16-33-22/h1-10,12,17,19,25H,11,13-16H2,(H,28,32)/t17-,19-,25-/m0/s1. The van der Waals surface area contributed by atoms with E-state index in [1.165, 1.54) is 11.8 Å². The summed E-state index contributed by atoms with van der Waals surface area (Å²) in [6.45, 7) is 2.42. The number of hydrogen-bond donors (Lipinski definition) is 1. The van der Waals surface area contributed by atoms with Crippen LogP contribution in [0.3, 0.4) is 0 Å². The third kappa shape index (κ3) is 4.49. The molecule has 1 fully saturated rings. The number of benzene rings is 2. The molecule has 1 amide bonds. The number of likely N-dealkylation sites (tertiary alicyclic amines) is 1. The summed E-state index contributed by atoms with van der Waals surface area (Å²) in [5, 5.41) is 2.51. The topological polar surface area (TPSA) is 72.8 Å². The molecule has 7 nitrogen and oxygen atoms in total. The summed E-state index contributed by atoms with van der Waals surface area (Å²) < 4.78 is 13.4. The van der Waals surface area contributed by atoms with Crippen LogP contribution < -0.4 is 20.3 Å². The summed E-state index contributed by atoms with van der Waals surface area (Å²) in [7, 11) is 0. The van der Waals surface area contributed by atoms with Crippen LogP contribution in [0.25, 0.3) is 0 Å². The molecular formula is C27H25N3O4S2. The van der Waals surface area contributed by atoms with E-state index < -0.39 is 5.25 Å². The molecule has 0 radical (unpaired) electrons. The van der Waals surface area contributed by atoms with Gasteiger partial charge in [0.1, 0.15) is 9.57 Å². The average molecular weight is 520 g/mol. The Labute approximate surface area is 218 Å². The number of thiocarbonyl (C=S) groups is 1. The Morgan fingerprint density at radius 3 is 2.69 bits per heavy atom. The van der Waals surface area contributed by atoms with Gasteiger partial charge in [-0.2, -0.15) is 0 Å². The fourth-order valence-corrected chi connectivity index (χ4v) is 6.70. The van der Waals surface area contributed by atoms with Crippen LogP contribution in [0.1, 0.15) is 28.8 Å². The molecule has 3 atom stereocenters. The van der Waals surface area contributed by atoms with E-state index in [-0.39, 0.29) is 24.2 Å². The number of carbonyl (C=O) groups excluding carboxylic acids is 1. The van der Waals surface area contributed by atoms with Crippen molar-refractivity contribution in [3.05, 3.63) is 88.3 Å². The molecule has 2 aromatic carbocycles. The molecule has 3 aromatic rings. The molecule has 9 heteroatoms. The molecule has 0 saturated carbocycles. The summed E-state index contributed by atoms with van der Waals surface area (Å²) in [5.41, 5.74) is 2.68. The number of piperidine rings is 1. The van der Waals surface area contributed by atoms with Crippen molar-refractivity contribution in [1.29, 1.82) is 0 Å². The second-order valence-corrected chi connectivity index (χ2v) is 11.1. The number of hydrogen-bond acceptors (Lipinski definition) is 6. The predicted molar refractivity (Wildman–Crippen MR) is 144 cm³/mol. The Hall–Kier alpha value is -3.30. The molecule has 3 aliphatic heterocycles. The SMILES string of the molecule is O=C(Nc1ccc2c(c1)OCO2)[C@@H](SC(=S)N1C[C@@H]2C[C@@H](C1)c1cccc(=O)n1C2)c1ccccc1. The molecule has 0 aliphatic carbocycles. The Kier molecular flexibility index (Phi) is 6.18. The van der Waals surface area contributed by atoms with Crippen molar-refractivity contribution in [2.75, 3.05) is 25.2 Å². The number of rotatable bonds is 4. The van der Waals surface area contributed by atoms with Crippen molar-refractivity contribution in [3.8, 4) is 11.5 Å². The Morgan fingerprint density at radius 1 is 1.00 bits per heavy atom. The minimum atomic E-state index is -0.513. The van der Waals surface area contributed by atoms with Gasteiger partial charge >= 0.3 is 0 Å². The molecule has 0 unspecified atom stereocenters. The lowest BCUT2D eigenvalue weighted by molar-refractivity contribution is -0.115. The molecule has 1 saturated heterocycles. The third-order valence-corrected chi connectivity index (χ3v) is 8.67. The molecule has 1 N–H and O–H groups in total. The minimum absolute atomic E-state index is 0.0666. The number of carbonyl (C=O) groups is 1. The van der Waals surface area contributed by atoms with Crippen LogP contribution in [0.4, 0.5) is 5.69 Å². The molecule has 4 heterocycles. The largest absolute Gasteiger partial charge is 0.454 e. The summed E-state index contributed by atoms with van der Waals surface area (Å²) in [6, 6.07) is 20.6. The quantitative estimate of drug-likeness (QED) is 0.513. The predicted octanol–water partition coefficient (Wildman–Crippen LogP) is 4.39. The van der Waals surface area contributed by atoms with Gasteiger partial charge in [-0.1, -0.05) is 60.4 Å². The van der Waals surface area contributed by atoms with E-state index >= 15 is 0 Å². The first-order valence-electron chi connectivity index (χ1n) is 12.0. The number of thioether (sulfide) groups is 1. The highest BCUT2D eigenvalue weighted by molar-refractivity contribution is 8.23. The maximum atomic E-state index is 13.5. The van der Waals surface area contributed by atoms with Gasteiger partial charge in [0.15, 0.2) is 11.5 Å². The van der Waals surface area contributed by atoms with Crippen molar-refractivity contribution >= 4 is 39.9 Å². The second kappa shape index (κ2) is 9.63. The molecule has 6 rings (SSSR count). The van der Waals surface area contributed by atoms with Crippen LogP contribution in [0.5, 0.6) is 11.5 Å². The van der Waals surface area contributed by atoms with E-state index in [1.54, 1.807) is 18.2 Å². The van der Waals surface area contributed by atoms with Crippen LogP contribution in [0.15, 0.2) is 71.5 Å². The molecule has 2 bridgehead atoms. The average Bonchev–Trinajstić information content (AvgIpc) is 3.36. The fraction of sp³-hybridized carbons (Fsp3) is 0.296. The molecule has 36 heavy (non-hydrogen) atoms. The molecule has 1 aromatic heterocycles. The fourth-order valence-electron chi connectivity index (χ4n) is 5.30. The van der Waals surface area contributed by atoms with Crippen LogP contribution >= 0.6 is 24.0 Å². The first-order chi connectivity index (χ1) is 17.5. The summed E-state index contributed by atoms with van der Waals surface area (Å²) in [5.74, 6) is 1.74. The van der Waals surface area contributed by atoms with Gasteiger partial charge in [-0.25, -0.2) is 0 Å².